The highest BCUT2D eigenvalue weighted by molar-refractivity contribution is 7.89. The van der Waals surface area contributed by atoms with Crippen LogP contribution in [0.1, 0.15) is 35.1 Å². The van der Waals surface area contributed by atoms with Gasteiger partial charge in [-0.25, -0.2) is 13.1 Å². The number of halogens is 5. The summed E-state index contributed by atoms with van der Waals surface area (Å²) in [5.74, 6) is 0. The Morgan fingerprint density at radius 3 is 1.23 bits per heavy atom. The van der Waals surface area contributed by atoms with E-state index in [0.717, 1.165) is 60.1 Å². The summed E-state index contributed by atoms with van der Waals surface area (Å²) in [6.45, 7) is 2.54. The van der Waals surface area contributed by atoms with Crippen molar-refractivity contribution in [2.45, 2.75) is 43.4 Å². The van der Waals surface area contributed by atoms with Gasteiger partial charge in [0.15, 0.2) is 0 Å². The Hall–Kier alpha value is -2.98. The number of anilines is 4. The van der Waals surface area contributed by atoms with E-state index in [-0.39, 0.29) is 4.90 Å². The molecule has 5 aromatic rings. The zero-order chi connectivity index (χ0) is 36.8. The van der Waals surface area contributed by atoms with Gasteiger partial charge < -0.3 is 15.5 Å². The van der Waals surface area contributed by atoms with Crippen molar-refractivity contribution in [1.82, 2.24) is 4.72 Å². The zero-order valence-corrected chi connectivity index (χ0v) is 33.0. The zero-order valence-electron chi connectivity index (χ0n) is 28.4. The van der Waals surface area contributed by atoms with Crippen LogP contribution in [0.2, 0.25) is 25.1 Å². The van der Waals surface area contributed by atoms with E-state index in [1.54, 1.807) is 12.1 Å². The first-order valence-corrected chi connectivity index (χ1v) is 20.5. The fraction of sp³-hybridized carbons (Fsp3) is 0.250. The third-order valence-electron chi connectivity index (χ3n) is 9.22. The van der Waals surface area contributed by atoms with Crippen molar-refractivity contribution < 1.29 is 8.42 Å². The fourth-order valence-corrected chi connectivity index (χ4v) is 8.72. The fourth-order valence-electron chi connectivity index (χ4n) is 6.74. The number of nitrogens with one attached hydrogen (secondary N) is 1. The smallest absolute Gasteiger partial charge is 0.240 e. The van der Waals surface area contributed by atoms with Crippen molar-refractivity contribution in [3.8, 4) is 0 Å². The molecule has 2 heterocycles. The Morgan fingerprint density at radius 2 is 0.865 bits per heavy atom. The maximum Gasteiger partial charge on any atom is 0.240 e. The highest BCUT2D eigenvalue weighted by Crippen LogP contribution is 2.40. The monoisotopic (exact) mass is 814 g/mol. The first-order valence-electron chi connectivity index (χ1n) is 17.2. The minimum absolute atomic E-state index is 0.201. The van der Waals surface area contributed by atoms with E-state index in [9.17, 15) is 8.42 Å². The van der Waals surface area contributed by atoms with Crippen LogP contribution in [0.15, 0.2) is 102 Å². The maximum absolute atomic E-state index is 12.5. The molecule has 5 aromatic carbocycles. The van der Waals surface area contributed by atoms with Gasteiger partial charge in [-0.15, -0.1) is 0 Å². The Balaban J connectivity index is 0.000000192. The van der Waals surface area contributed by atoms with Crippen LogP contribution in [-0.4, -0.2) is 34.6 Å². The predicted molar refractivity (Wildman–Crippen MR) is 220 cm³/mol. The highest BCUT2D eigenvalue weighted by atomic mass is 35.5. The van der Waals surface area contributed by atoms with Gasteiger partial charge in [0.2, 0.25) is 10.0 Å². The molecule has 52 heavy (non-hydrogen) atoms. The van der Waals surface area contributed by atoms with Crippen molar-refractivity contribution in [3.63, 3.8) is 0 Å². The Labute approximate surface area is 331 Å². The van der Waals surface area contributed by atoms with Gasteiger partial charge in [-0.05, 0) is 164 Å². The quantitative estimate of drug-likeness (QED) is 0.145. The number of nitrogens with zero attached hydrogens (tertiary/aromatic N) is 2. The van der Waals surface area contributed by atoms with Gasteiger partial charge in [-0.3, -0.25) is 0 Å². The van der Waals surface area contributed by atoms with Crippen molar-refractivity contribution in [2.75, 3.05) is 36.0 Å². The number of hydrogen-bond donors (Lipinski definition) is 2. The minimum atomic E-state index is -3.58. The van der Waals surface area contributed by atoms with Crippen LogP contribution < -0.4 is 20.3 Å². The van der Waals surface area contributed by atoms with Crippen LogP contribution in [0, 0.1) is 0 Å². The van der Waals surface area contributed by atoms with Gasteiger partial charge >= 0.3 is 0 Å². The summed E-state index contributed by atoms with van der Waals surface area (Å²) in [5.41, 5.74) is 15.2. The molecule has 2 aliphatic heterocycles. The van der Waals surface area contributed by atoms with E-state index in [0.29, 0.717) is 41.1 Å². The second kappa shape index (κ2) is 17.4. The molecule has 0 saturated carbocycles. The van der Waals surface area contributed by atoms with E-state index in [1.165, 1.54) is 45.8 Å². The van der Waals surface area contributed by atoms with Crippen LogP contribution in [0.25, 0.3) is 0 Å². The lowest BCUT2D eigenvalue weighted by Gasteiger charge is -2.27. The van der Waals surface area contributed by atoms with Gasteiger partial charge in [-0.2, -0.15) is 0 Å². The molecule has 0 fully saturated rings. The van der Waals surface area contributed by atoms with E-state index in [4.69, 9.17) is 63.7 Å². The number of fused-ring (bicyclic) bond motifs is 4. The molecular formula is C40H39Cl5N4O2S. The van der Waals surface area contributed by atoms with Crippen molar-refractivity contribution in [3.05, 3.63) is 144 Å². The first-order chi connectivity index (χ1) is 25.0. The first kappa shape index (κ1) is 38.7. The molecule has 6 nitrogen and oxygen atoms in total. The van der Waals surface area contributed by atoms with Gasteiger partial charge in [0, 0.05) is 67.5 Å². The van der Waals surface area contributed by atoms with Crippen LogP contribution in [0.5, 0.6) is 0 Å². The third-order valence-corrected chi connectivity index (χ3v) is 11.9. The molecule has 12 heteroatoms. The Bertz CT molecular complexity index is 2040. The second-order valence-corrected chi connectivity index (χ2v) is 16.7. The number of nitrogens with two attached hydrogens (primary N) is 1. The van der Waals surface area contributed by atoms with Crippen LogP contribution >= 0.6 is 58.0 Å². The topological polar surface area (TPSA) is 78.7 Å². The number of hydrogen-bond acceptors (Lipinski definition) is 5. The predicted octanol–water partition coefficient (Wildman–Crippen LogP) is 10.8. The van der Waals surface area contributed by atoms with E-state index < -0.39 is 10.0 Å². The van der Waals surface area contributed by atoms with Crippen molar-refractivity contribution in [1.29, 1.82) is 0 Å². The molecule has 272 valence electrons. The molecule has 0 saturated heterocycles. The standard InChI is InChI=1S/C23H21Cl3N2O2S.C17H18Cl2N2/c24-18-4-8-21(9-5-18)31(29,30)27-12-1-13-28-22-10-6-19(25)14-16(22)2-3-17-15-20(26)7-11-23(17)28;18-14-4-6-16-12(10-14)2-3-13-11-15(19)5-7-17(13)21(16)9-1-8-20/h4-11,14-15,27H,1-3,12-13H2;4-7,10-11H,1-3,8-9,20H2. The summed E-state index contributed by atoms with van der Waals surface area (Å²) in [5, 5.41) is 3.49. The van der Waals surface area contributed by atoms with E-state index in [1.807, 2.05) is 48.5 Å². The van der Waals surface area contributed by atoms with Crippen molar-refractivity contribution in [2.24, 2.45) is 5.73 Å². The Morgan fingerprint density at radius 1 is 0.519 bits per heavy atom. The lowest BCUT2D eigenvalue weighted by Crippen LogP contribution is -2.28. The van der Waals surface area contributed by atoms with Gasteiger partial charge in [0.25, 0.3) is 0 Å². The maximum atomic E-state index is 12.5. The molecule has 7 rings (SSSR count). The molecule has 0 aromatic heterocycles. The molecule has 0 atom stereocenters. The number of rotatable bonds is 9. The molecule has 0 spiro atoms. The Kier molecular flexibility index (Phi) is 13.0. The van der Waals surface area contributed by atoms with Crippen LogP contribution in [-0.2, 0) is 35.7 Å². The lowest BCUT2D eigenvalue weighted by molar-refractivity contribution is 0.579. The summed E-state index contributed by atoms with van der Waals surface area (Å²) >= 11 is 30.6. The van der Waals surface area contributed by atoms with Crippen molar-refractivity contribution >= 4 is 90.8 Å². The number of aryl methyl sites for hydroxylation is 4. The average molecular weight is 817 g/mol. The van der Waals surface area contributed by atoms with Gasteiger partial charge in [-0.1, -0.05) is 58.0 Å². The molecular weight excluding hydrogens is 778 g/mol. The number of benzene rings is 5. The van der Waals surface area contributed by atoms with E-state index in [2.05, 4.69) is 38.8 Å². The highest BCUT2D eigenvalue weighted by Gasteiger charge is 2.23. The average Bonchev–Trinajstić information content (AvgIpc) is 3.36. The molecule has 0 bridgehead atoms. The van der Waals surface area contributed by atoms with Gasteiger partial charge in [0.05, 0.1) is 4.90 Å². The second-order valence-electron chi connectivity index (χ2n) is 12.7. The molecule has 3 N–H and O–H groups in total. The molecule has 0 amide bonds. The largest absolute Gasteiger partial charge is 0.341 e. The normalized spacial score (nSPS) is 13.5. The summed E-state index contributed by atoms with van der Waals surface area (Å²) < 4.78 is 27.7. The molecule has 2 aliphatic rings. The molecule has 0 aliphatic carbocycles. The lowest BCUT2D eigenvalue weighted by atomic mass is 10.0. The molecule has 0 unspecified atom stereocenters. The van der Waals surface area contributed by atoms with E-state index >= 15 is 0 Å². The third kappa shape index (κ3) is 9.38. The molecule has 0 radical (unpaired) electrons. The summed E-state index contributed by atoms with van der Waals surface area (Å²) in [6, 6.07) is 30.2. The summed E-state index contributed by atoms with van der Waals surface area (Å²) in [4.78, 5) is 4.77. The number of sulfonamides is 1. The van der Waals surface area contributed by atoms with Crippen LogP contribution in [0.3, 0.4) is 0 Å². The minimum Gasteiger partial charge on any atom is -0.341 e. The SMILES string of the molecule is NCCCN1c2ccc(Cl)cc2CCc2cc(Cl)ccc21.O=S(=O)(NCCCN1c2ccc(Cl)cc2CCc2cc(Cl)ccc21)c1ccc(Cl)cc1. The van der Waals surface area contributed by atoms with Gasteiger partial charge in [0.1, 0.15) is 0 Å². The summed E-state index contributed by atoms with van der Waals surface area (Å²) in [6.07, 6.45) is 5.25. The van der Waals surface area contributed by atoms with Crippen LogP contribution in [0.4, 0.5) is 22.7 Å². The summed E-state index contributed by atoms with van der Waals surface area (Å²) in [7, 11) is -3.58.